The quantitative estimate of drug-likeness (QED) is 0.670. The Morgan fingerprint density at radius 1 is 1.35 bits per heavy atom. The molecule has 0 aliphatic rings. The van der Waals surface area contributed by atoms with Gasteiger partial charge in [-0.25, -0.2) is 9.97 Å². The maximum atomic E-state index is 6.24. The number of aryl methyl sites for hydroxylation is 2. The second-order valence-electron chi connectivity index (χ2n) is 4.52. The third-order valence-corrected chi connectivity index (χ3v) is 4.69. The van der Waals surface area contributed by atoms with Crippen molar-refractivity contribution in [3.63, 3.8) is 0 Å². The zero-order valence-corrected chi connectivity index (χ0v) is 13.3. The van der Waals surface area contributed by atoms with Gasteiger partial charge in [0.05, 0.1) is 28.3 Å². The van der Waals surface area contributed by atoms with Crippen LogP contribution < -0.4 is 0 Å². The monoisotopic (exact) mass is 325 g/mol. The zero-order chi connectivity index (χ0) is 14.1. The van der Waals surface area contributed by atoms with E-state index in [1.54, 1.807) is 11.3 Å². The summed E-state index contributed by atoms with van der Waals surface area (Å²) in [5.41, 5.74) is 4.83. The van der Waals surface area contributed by atoms with Crippen molar-refractivity contribution in [1.29, 1.82) is 0 Å². The Labute approximate surface area is 131 Å². The summed E-state index contributed by atoms with van der Waals surface area (Å²) in [5.74, 6) is 1.51. The summed E-state index contributed by atoms with van der Waals surface area (Å²) in [6.45, 7) is 2.79. The van der Waals surface area contributed by atoms with Gasteiger partial charge in [-0.1, -0.05) is 17.7 Å². The molecule has 0 saturated carbocycles. The van der Waals surface area contributed by atoms with Gasteiger partial charge in [-0.2, -0.15) is 0 Å². The number of hydrogen-bond acceptors (Lipinski definition) is 3. The van der Waals surface area contributed by atoms with E-state index in [-0.39, 0.29) is 0 Å². The minimum absolute atomic E-state index is 0.544. The number of imidazole rings is 1. The van der Waals surface area contributed by atoms with Crippen molar-refractivity contribution >= 4 is 45.6 Å². The van der Waals surface area contributed by atoms with Crippen LogP contribution in [0.25, 0.3) is 11.0 Å². The standard InChI is InChI=1S/C14H13Cl2N3S/c1-9-12(20-8-17-9)7-19-11-4-2-3-10(16)14(11)18-13(19)5-6-15/h2-4,8H,5-7H2,1H3. The van der Waals surface area contributed by atoms with E-state index < -0.39 is 0 Å². The molecule has 2 aromatic heterocycles. The van der Waals surface area contributed by atoms with Crippen molar-refractivity contribution in [2.75, 3.05) is 5.88 Å². The van der Waals surface area contributed by atoms with Gasteiger partial charge in [-0.3, -0.25) is 0 Å². The summed E-state index contributed by atoms with van der Waals surface area (Å²) in [4.78, 5) is 10.2. The van der Waals surface area contributed by atoms with Gasteiger partial charge in [0.25, 0.3) is 0 Å². The van der Waals surface area contributed by atoms with E-state index in [1.807, 2.05) is 30.6 Å². The summed E-state index contributed by atoms with van der Waals surface area (Å²) in [5, 5.41) is 0.679. The molecule has 0 unspecified atom stereocenters. The summed E-state index contributed by atoms with van der Waals surface area (Å²) < 4.78 is 2.18. The SMILES string of the molecule is Cc1ncsc1Cn1c(CCCl)nc2c(Cl)cccc21. The van der Waals surface area contributed by atoms with E-state index in [9.17, 15) is 0 Å². The van der Waals surface area contributed by atoms with Crippen LogP contribution in [-0.4, -0.2) is 20.4 Å². The first-order chi connectivity index (χ1) is 9.70. The molecule has 3 rings (SSSR count). The van der Waals surface area contributed by atoms with Gasteiger partial charge < -0.3 is 4.57 Å². The van der Waals surface area contributed by atoms with Gasteiger partial charge in [0.2, 0.25) is 0 Å². The predicted octanol–water partition coefficient (Wildman–Crippen LogP) is 4.28. The predicted molar refractivity (Wildman–Crippen MR) is 85.1 cm³/mol. The highest BCUT2D eigenvalue weighted by Crippen LogP contribution is 2.26. The highest BCUT2D eigenvalue weighted by molar-refractivity contribution is 7.09. The van der Waals surface area contributed by atoms with E-state index in [2.05, 4.69) is 14.5 Å². The number of halogens is 2. The first-order valence-corrected chi connectivity index (χ1v) is 8.08. The largest absolute Gasteiger partial charge is 0.323 e. The first kappa shape index (κ1) is 13.9. The molecule has 0 radical (unpaired) electrons. The Kier molecular flexibility index (Phi) is 3.96. The molecule has 1 aromatic carbocycles. The summed E-state index contributed by atoms with van der Waals surface area (Å²) in [6.07, 6.45) is 0.727. The van der Waals surface area contributed by atoms with Gasteiger partial charge in [0.15, 0.2) is 0 Å². The second-order valence-corrected chi connectivity index (χ2v) is 6.25. The molecular weight excluding hydrogens is 313 g/mol. The number of benzene rings is 1. The summed E-state index contributed by atoms with van der Waals surface area (Å²) in [6, 6.07) is 5.86. The molecule has 0 saturated heterocycles. The van der Waals surface area contributed by atoms with Crippen LogP contribution in [0.5, 0.6) is 0 Å². The van der Waals surface area contributed by atoms with Gasteiger partial charge in [-0.05, 0) is 19.1 Å². The average Bonchev–Trinajstić information content (AvgIpc) is 2.98. The maximum Gasteiger partial charge on any atom is 0.111 e. The lowest BCUT2D eigenvalue weighted by Crippen LogP contribution is -2.05. The van der Waals surface area contributed by atoms with Crippen molar-refractivity contribution in [2.24, 2.45) is 0 Å². The van der Waals surface area contributed by atoms with Crippen molar-refractivity contribution in [3.8, 4) is 0 Å². The molecule has 0 fully saturated rings. The molecule has 0 aliphatic carbocycles. The van der Waals surface area contributed by atoms with Crippen molar-refractivity contribution in [3.05, 3.63) is 45.1 Å². The third-order valence-electron chi connectivity index (χ3n) is 3.27. The van der Waals surface area contributed by atoms with Crippen LogP contribution in [0.1, 0.15) is 16.4 Å². The molecular formula is C14H13Cl2N3S. The minimum Gasteiger partial charge on any atom is -0.323 e. The first-order valence-electron chi connectivity index (χ1n) is 6.29. The van der Waals surface area contributed by atoms with Gasteiger partial charge in [0.1, 0.15) is 11.3 Å². The Balaban J connectivity index is 2.14. The molecule has 0 N–H and O–H groups in total. The summed E-state index contributed by atoms with van der Waals surface area (Å²) in [7, 11) is 0. The number of nitrogens with zero attached hydrogens (tertiary/aromatic N) is 3. The van der Waals surface area contributed by atoms with Crippen LogP contribution in [0.4, 0.5) is 0 Å². The average molecular weight is 326 g/mol. The van der Waals surface area contributed by atoms with Gasteiger partial charge in [0, 0.05) is 17.2 Å². The van der Waals surface area contributed by atoms with E-state index in [0.29, 0.717) is 10.9 Å². The van der Waals surface area contributed by atoms with Gasteiger partial charge in [-0.15, -0.1) is 22.9 Å². The fourth-order valence-corrected chi connectivity index (χ4v) is 3.38. The molecule has 0 atom stereocenters. The Morgan fingerprint density at radius 3 is 2.90 bits per heavy atom. The fourth-order valence-electron chi connectivity index (χ4n) is 2.23. The molecule has 0 aliphatic heterocycles. The topological polar surface area (TPSA) is 30.7 Å². The molecule has 0 amide bonds. The number of para-hydroxylation sites is 1. The number of alkyl halides is 1. The molecule has 104 valence electrons. The van der Waals surface area contributed by atoms with E-state index >= 15 is 0 Å². The van der Waals surface area contributed by atoms with Crippen molar-refractivity contribution < 1.29 is 0 Å². The van der Waals surface area contributed by atoms with Crippen molar-refractivity contribution in [2.45, 2.75) is 19.9 Å². The molecule has 6 heteroatoms. The molecule has 3 nitrogen and oxygen atoms in total. The van der Waals surface area contributed by atoms with Crippen LogP contribution in [0.15, 0.2) is 23.7 Å². The number of fused-ring (bicyclic) bond motifs is 1. The highest BCUT2D eigenvalue weighted by atomic mass is 35.5. The van der Waals surface area contributed by atoms with E-state index in [1.165, 1.54) is 4.88 Å². The zero-order valence-electron chi connectivity index (χ0n) is 10.9. The van der Waals surface area contributed by atoms with E-state index in [0.717, 1.165) is 35.5 Å². The highest BCUT2D eigenvalue weighted by Gasteiger charge is 2.14. The number of hydrogen-bond donors (Lipinski definition) is 0. The number of rotatable bonds is 4. The molecule has 2 heterocycles. The lowest BCUT2D eigenvalue weighted by Gasteiger charge is -2.07. The van der Waals surface area contributed by atoms with Crippen LogP contribution in [0, 0.1) is 6.92 Å². The second kappa shape index (κ2) is 5.72. The van der Waals surface area contributed by atoms with Crippen LogP contribution in [-0.2, 0) is 13.0 Å². The molecule has 3 aromatic rings. The summed E-state index contributed by atoms with van der Waals surface area (Å²) >= 11 is 13.8. The van der Waals surface area contributed by atoms with Crippen molar-refractivity contribution in [1.82, 2.24) is 14.5 Å². The third kappa shape index (κ3) is 2.43. The molecule has 0 bridgehead atoms. The molecule has 20 heavy (non-hydrogen) atoms. The lowest BCUT2D eigenvalue weighted by molar-refractivity contribution is 0.758. The maximum absolute atomic E-state index is 6.24. The van der Waals surface area contributed by atoms with Crippen LogP contribution in [0.3, 0.4) is 0 Å². The lowest BCUT2D eigenvalue weighted by atomic mass is 10.3. The fraction of sp³-hybridized carbons (Fsp3) is 0.286. The van der Waals surface area contributed by atoms with Gasteiger partial charge >= 0.3 is 0 Å². The molecule has 0 spiro atoms. The Hall–Kier alpha value is -1.10. The normalized spacial score (nSPS) is 11.3. The van der Waals surface area contributed by atoms with E-state index in [4.69, 9.17) is 23.2 Å². The number of aromatic nitrogens is 3. The number of thiazole rings is 1. The van der Waals surface area contributed by atoms with Crippen LogP contribution in [0.2, 0.25) is 5.02 Å². The minimum atomic E-state index is 0.544. The van der Waals surface area contributed by atoms with Crippen LogP contribution >= 0.6 is 34.5 Å². The Morgan fingerprint density at radius 2 is 2.20 bits per heavy atom. The Bertz CT molecular complexity index is 748. The smallest absolute Gasteiger partial charge is 0.111 e.